The summed E-state index contributed by atoms with van der Waals surface area (Å²) < 4.78 is 77.0. The quantitative estimate of drug-likeness (QED) is 0.0522. The number of esters is 1. The number of amides is 2. The molecular formula is C61H70LiN6O14S2-. The number of nitrogens with one attached hydrogen (secondary N) is 2. The molecule has 10 rings (SSSR count). The van der Waals surface area contributed by atoms with Crippen molar-refractivity contribution in [3.8, 4) is 34.0 Å². The number of carboxylic acid groups (broad SMARTS) is 1. The molecule has 2 aromatic heterocycles. The van der Waals surface area contributed by atoms with E-state index in [1.165, 1.54) is 51.8 Å². The summed E-state index contributed by atoms with van der Waals surface area (Å²) in [5.74, 6) is -1.09. The van der Waals surface area contributed by atoms with Crippen molar-refractivity contribution >= 4 is 78.1 Å². The predicted molar refractivity (Wildman–Crippen MR) is 317 cm³/mol. The van der Waals surface area contributed by atoms with Gasteiger partial charge < -0.3 is 39.4 Å². The van der Waals surface area contributed by atoms with Crippen molar-refractivity contribution in [2.75, 3.05) is 48.5 Å². The fraction of sp³-hybridized carbons (Fsp3) is 0.344. The topological polar surface area (TPSA) is 285 Å². The molecule has 0 spiro atoms. The summed E-state index contributed by atoms with van der Waals surface area (Å²) in [6.07, 6.45) is 17.4. The van der Waals surface area contributed by atoms with Crippen molar-refractivity contribution in [3.05, 3.63) is 143 Å². The standard InChI is InChI=1S/C31H35N3O6S.C30H33N3O6S.Li.2H2O/c1-5-15-33(2)41(37,38)32-30(35)21-11-13-26-27(18-21)34-19-23(31(36)40-4)16-22-17-24(39-3)12-14-25(22)29(34)28(26)20-9-7-6-8-10-20;1-4-14-32(2)40(37,38)31-29(34)20-10-12-25-26(17-20)33-18-22(30(35)36)15-21-16-23(39-3)11-13-24(21)28(33)27(25)19-8-6-5-7-9-19;;;/h5,11-14,16-18,20H,1,6-10,15,19H2,2-4H3,(H,32,35);4,10-13,15-17,19H,1,5-9,14,18H2,2-3H3,(H,31,34)(H,35,36);;2*1H2/q;;+1;;/p-2. The molecule has 23 heteroatoms. The number of carbonyl (C=O) groups excluding carboxylic acids is 3. The first kappa shape index (κ1) is 65.9. The predicted octanol–water partition coefficient (Wildman–Crippen LogP) is 6.62. The van der Waals surface area contributed by atoms with Crippen molar-refractivity contribution in [2.24, 2.45) is 0 Å². The summed E-state index contributed by atoms with van der Waals surface area (Å²) in [5.41, 5.74) is 10.2. The number of benzene rings is 4. The Bertz CT molecular complexity index is 3820. The van der Waals surface area contributed by atoms with Gasteiger partial charge in [-0.1, -0.05) is 62.8 Å². The largest absolute Gasteiger partial charge is 1.00 e. The van der Waals surface area contributed by atoms with E-state index in [4.69, 9.17) is 14.2 Å². The molecule has 0 unspecified atom stereocenters. The van der Waals surface area contributed by atoms with Crippen LogP contribution in [0, 0.1) is 0 Å². The van der Waals surface area contributed by atoms with E-state index >= 15 is 0 Å². The summed E-state index contributed by atoms with van der Waals surface area (Å²) in [4.78, 5) is 51.5. The van der Waals surface area contributed by atoms with Gasteiger partial charge in [-0.15, -0.1) is 13.2 Å². The van der Waals surface area contributed by atoms with Gasteiger partial charge in [-0.2, -0.15) is 25.4 Å². The summed E-state index contributed by atoms with van der Waals surface area (Å²) in [5, 5.41) is 12.0. The van der Waals surface area contributed by atoms with E-state index < -0.39 is 44.2 Å². The summed E-state index contributed by atoms with van der Waals surface area (Å²) >= 11 is 0. The molecule has 4 heterocycles. The number of rotatable bonds is 16. The Kier molecular flexibility index (Phi) is 21.7. The number of hydrogen-bond acceptors (Lipinski definition) is 13. The van der Waals surface area contributed by atoms with Crippen LogP contribution < -0.4 is 37.8 Å². The molecule has 2 aliphatic carbocycles. The molecule has 2 fully saturated rings. The third-order valence-electron chi connectivity index (χ3n) is 15.9. The van der Waals surface area contributed by atoms with Crippen LogP contribution in [0.15, 0.2) is 109 Å². The molecule has 0 radical (unpaired) electrons. The van der Waals surface area contributed by atoms with Crippen molar-refractivity contribution in [1.82, 2.24) is 27.2 Å². The Hall–Kier alpha value is -7.26. The fourth-order valence-electron chi connectivity index (χ4n) is 11.8. The molecular weight excluding hydrogens is 1110 g/mol. The SMILES string of the molecule is C=CCN(C)S(=O)(=O)NC(=O)c1ccc2c(C3CCCCC3)c3n(c2c1)CC(C(=O)O)=Cc1cc(OC)ccc1-3.C=CCN(C)S(=O)(=O)NC(=O)c1ccc2c(C3CCCCC3)c3n(c2c1)CC(C(=O)OC)=Cc1cc(OC)ccc1-3.[Li+].[OH-].[OH-]. The van der Waals surface area contributed by atoms with Gasteiger partial charge in [0.1, 0.15) is 11.5 Å². The van der Waals surface area contributed by atoms with Crippen LogP contribution in [-0.2, 0) is 47.8 Å². The first-order valence-electron chi connectivity index (χ1n) is 27.0. The number of likely N-dealkylation sites (N-methyl/N-ethyl adjacent to an activating group) is 2. The average Bonchev–Trinajstić information content (AvgIpc) is 1.68. The van der Waals surface area contributed by atoms with Crippen LogP contribution in [0.4, 0.5) is 0 Å². The zero-order chi connectivity index (χ0) is 57.9. The molecule has 2 aliphatic heterocycles. The van der Waals surface area contributed by atoms with Crippen molar-refractivity contribution in [3.63, 3.8) is 0 Å². The van der Waals surface area contributed by atoms with Crippen molar-refractivity contribution in [1.29, 1.82) is 0 Å². The maximum Gasteiger partial charge on any atom is 1.00 e. The van der Waals surface area contributed by atoms with Crippen LogP contribution in [0.1, 0.15) is 119 Å². The number of aromatic nitrogens is 2. The normalized spacial score (nSPS) is 15.0. The molecule has 0 saturated heterocycles. The van der Waals surface area contributed by atoms with E-state index in [1.807, 2.05) is 59.2 Å². The van der Waals surface area contributed by atoms with Gasteiger partial charge in [0, 0.05) is 71.2 Å². The number of hydrogen-bond donors (Lipinski definition) is 3. The second-order valence-electron chi connectivity index (χ2n) is 20.9. The van der Waals surface area contributed by atoms with Crippen molar-refractivity contribution < 1.29 is 85.1 Å². The zero-order valence-corrected chi connectivity index (χ0v) is 49.8. The Labute approximate surface area is 502 Å². The molecule has 4 aliphatic rings. The van der Waals surface area contributed by atoms with Gasteiger partial charge >= 0.3 is 51.2 Å². The summed E-state index contributed by atoms with van der Waals surface area (Å²) in [6.45, 7) is 7.54. The molecule has 20 nitrogen and oxygen atoms in total. The Morgan fingerprint density at radius 3 is 1.37 bits per heavy atom. The summed E-state index contributed by atoms with van der Waals surface area (Å²) in [6, 6.07) is 22.0. The van der Waals surface area contributed by atoms with Crippen LogP contribution in [0.25, 0.3) is 56.5 Å². The van der Waals surface area contributed by atoms with E-state index in [-0.39, 0.29) is 78.6 Å². The van der Waals surface area contributed by atoms with Gasteiger partial charge in [-0.25, -0.2) is 19.0 Å². The van der Waals surface area contributed by atoms with Gasteiger partial charge in [-0.05, 0) is 133 Å². The molecule has 4 aromatic carbocycles. The van der Waals surface area contributed by atoms with Gasteiger partial charge in [0.05, 0.1) is 57.0 Å². The van der Waals surface area contributed by atoms with Gasteiger partial charge in [0.25, 0.3) is 11.8 Å². The minimum atomic E-state index is -4.07. The van der Waals surface area contributed by atoms with E-state index in [9.17, 15) is 41.1 Å². The second-order valence-corrected chi connectivity index (χ2v) is 24.4. The van der Waals surface area contributed by atoms with Gasteiger partial charge in [-0.3, -0.25) is 9.59 Å². The van der Waals surface area contributed by atoms with Gasteiger partial charge in [0.2, 0.25) is 0 Å². The van der Waals surface area contributed by atoms with Gasteiger partial charge in [0.15, 0.2) is 0 Å². The number of fused-ring (bicyclic) bond motifs is 10. The van der Waals surface area contributed by atoms with Crippen LogP contribution in [0.5, 0.6) is 11.5 Å². The van der Waals surface area contributed by atoms with E-state index in [0.29, 0.717) is 28.5 Å². The van der Waals surface area contributed by atoms with Crippen LogP contribution in [0.3, 0.4) is 0 Å². The van der Waals surface area contributed by atoms with E-state index in [2.05, 4.69) is 27.2 Å². The fourth-order valence-corrected chi connectivity index (χ4v) is 13.4. The number of carboxylic acids is 1. The van der Waals surface area contributed by atoms with Crippen LogP contribution in [0.2, 0.25) is 0 Å². The molecule has 0 bridgehead atoms. The minimum Gasteiger partial charge on any atom is -0.870 e. The zero-order valence-electron chi connectivity index (χ0n) is 48.1. The maximum atomic E-state index is 13.2. The monoisotopic (exact) mass is 1180 g/mol. The van der Waals surface area contributed by atoms with Crippen LogP contribution >= 0.6 is 0 Å². The van der Waals surface area contributed by atoms with Crippen LogP contribution in [-0.4, -0.2) is 123 Å². The number of nitrogens with zero attached hydrogens (tertiary/aromatic N) is 4. The maximum absolute atomic E-state index is 13.2. The molecule has 84 heavy (non-hydrogen) atoms. The smallest absolute Gasteiger partial charge is 0.870 e. The average molecular weight is 1180 g/mol. The number of methoxy groups -OCH3 is 3. The third kappa shape index (κ3) is 13.3. The summed E-state index contributed by atoms with van der Waals surface area (Å²) in [7, 11) is -0.854. The first-order valence-corrected chi connectivity index (χ1v) is 29.9. The Balaban J connectivity index is 0.000000260. The Morgan fingerprint density at radius 2 is 1.00 bits per heavy atom. The minimum absolute atomic E-state index is 0. The Morgan fingerprint density at radius 1 is 0.607 bits per heavy atom. The molecule has 6 aromatic rings. The molecule has 442 valence electrons. The number of aliphatic carboxylic acids is 1. The number of ether oxygens (including phenoxy) is 3. The van der Waals surface area contributed by atoms with E-state index in [1.54, 1.807) is 44.6 Å². The van der Waals surface area contributed by atoms with Crippen molar-refractivity contribution in [2.45, 2.75) is 89.1 Å². The molecule has 2 amide bonds. The first-order chi connectivity index (χ1) is 38.8. The third-order valence-corrected chi connectivity index (χ3v) is 18.7. The van der Waals surface area contributed by atoms with E-state index in [0.717, 1.165) is 115 Å². The number of carbonyl (C=O) groups is 4. The molecule has 0 atom stereocenters. The molecule has 2 saturated carbocycles. The second kappa shape index (κ2) is 27.6. The molecule has 5 N–H and O–H groups in total.